The van der Waals surface area contributed by atoms with Crippen molar-refractivity contribution in [3.63, 3.8) is 0 Å². The van der Waals surface area contributed by atoms with Gasteiger partial charge >= 0.3 is 0 Å². The topological polar surface area (TPSA) is 89.4 Å². The smallest absolute Gasteiger partial charge is 0.250 e. The third kappa shape index (κ3) is 5.38. The number of thioether (sulfide) groups is 1. The van der Waals surface area contributed by atoms with Crippen LogP contribution < -0.4 is 5.32 Å². The van der Waals surface area contributed by atoms with Crippen LogP contribution >= 0.6 is 34.4 Å². The highest BCUT2D eigenvalue weighted by molar-refractivity contribution is 8.16. The van der Waals surface area contributed by atoms with Crippen LogP contribution in [0.25, 0.3) is 0 Å². The molecule has 0 bridgehead atoms. The fourth-order valence-corrected chi connectivity index (χ4v) is 6.51. The first kappa shape index (κ1) is 25.8. The molecule has 0 aliphatic heterocycles. The van der Waals surface area contributed by atoms with Crippen LogP contribution in [-0.4, -0.2) is 33.1 Å². The maximum Gasteiger partial charge on any atom is 0.250 e. The van der Waals surface area contributed by atoms with Gasteiger partial charge in [-0.2, -0.15) is 0 Å². The Hall–Kier alpha value is -3.86. The van der Waals surface area contributed by atoms with Crippen LogP contribution in [0.3, 0.4) is 0 Å². The summed E-state index contributed by atoms with van der Waals surface area (Å²) in [6.07, 6.45) is 0. The van der Waals surface area contributed by atoms with E-state index in [1.54, 1.807) is 5.38 Å². The summed E-state index contributed by atoms with van der Waals surface area (Å²) < 4.78 is 0.543. The van der Waals surface area contributed by atoms with Crippen LogP contribution in [0.1, 0.15) is 27.4 Å². The van der Waals surface area contributed by atoms with Gasteiger partial charge in [-0.3, -0.25) is 4.79 Å². The van der Waals surface area contributed by atoms with Crippen LogP contribution in [0, 0.1) is 6.92 Å². The molecule has 0 aliphatic carbocycles. The summed E-state index contributed by atoms with van der Waals surface area (Å²) in [5, 5.41) is 18.6. The predicted molar refractivity (Wildman–Crippen MR) is 154 cm³/mol. The van der Waals surface area contributed by atoms with Gasteiger partial charge in [0.2, 0.25) is 5.12 Å². The van der Waals surface area contributed by atoms with E-state index in [1.807, 2.05) is 61.5 Å². The number of nitrogens with zero attached hydrogens (tertiary/aromatic N) is 4. The molecule has 0 unspecified atom stereocenters. The summed E-state index contributed by atoms with van der Waals surface area (Å²) in [5.41, 5.74) is 2.95. The van der Waals surface area contributed by atoms with Crippen molar-refractivity contribution in [2.24, 2.45) is 5.16 Å². The Bertz CT molecular complexity index is 1440. The molecule has 10 heteroatoms. The molecule has 5 rings (SSSR count). The van der Waals surface area contributed by atoms with E-state index >= 15 is 0 Å². The molecule has 0 spiro atoms. The fourth-order valence-electron chi connectivity index (χ4n) is 4.11. The van der Waals surface area contributed by atoms with Crippen LogP contribution in [-0.2, 0) is 15.2 Å². The molecular weight excluding hydrogens is 535 g/mol. The van der Waals surface area contributed by atoms with Crippen molar-refractivity contribution in [2.45, 2.75) is 16.8 Å². The third-order valence-electron chi connectivity index (χ3n) is 5.73. The largest absolute Gasteiger partial charge is 0.398 e. The molecule has 0 atom stereocenters. The van der Waals surface area contributed by atoms with Gasteiger partial charge in [-0.1, -0.05) is 107 Å². The molecule has 2 aromatic heterocycles. The summed E-state index contributed by atoms with van der Waals surface area (Å²) in [7, 11) is 1.41. The van der Waals surface area contributed by atoms with Gasteiger partial charge < -0.3 is 10.2 Å². The molecule has 5 aromatic rings. The van der Waals surface area contributed by atoms with E-state index in [4.69, 9.17) is 9.82 Å². The Morgan fingerprint density at radius 2 is 1.45 bits per heavy atom. The molecule has 190 valence electrons. The minimum atomic E-state index is -0.736. The van der Waals surface area contributed by atoms with Crippen molar-refractivity contribution in [3.8, 4) is 0 Å². The van der Waals surface area contributed by atoms with Crippen LogP contribution in [0.2, 0.25) is 0 Å². The maximum atomic E-state index is 13.1. The Morgan fingerprint density at radius 1 is 0.895 bits per heavy atom. The number of benzene rings is 3. The van der Waals surface area contributed by atoms with Crippen molar-refractivity contribution in [1.29, 1.82) is 0 Å². The van der Waals surface area contributed by atoms with E-state index in [1.165, 1.54) is 29.8 Å². The normalized spacial score (nSPS) is 11.8. The molecule has 2 heterocycles. The number of rotatable bonds is 9. The SMILES string of the molecule is CON=C(C(=O)Sc1nnc(C)s1)c1csc(NC(c2ccccc2)(c2ccccc2)c2ccccc2)n1. The first-order valence-electron chi connectivity index (χ1n) is 11.6. The minimum absolute atomic E-state index is 0.111. The van der Waals surface area contributed by atoms with E-state index in [2.05, 4.69) is 57.1 Å². The zero-order valence-electron chi connectivity index (χ0n) is 20.6. The number of nitrogens with one attached hydrogen (secondary N) is 1. The Balaban J connectivity index is 1.56. The molecule has 0 radical (unpaired) electrons. The Labute approximate surface area is 232 Å². The monoisotopic (exact) mass is 557 g/mol. The lowest BCUT2D eigenvalue weighted by Gasteiger charge is -2.36. The highest BCUT2D eigenvalue weighted by atomic mass is 32.2. The molecule has 7 nitrogen and oxygen atoms in total. The maximum absolute atomic E-state index is 13.1. The van der Waals surface area contributed by atoms with Gasteiger partial charge in [0.25, 0.3) is 0 Å². The lowest BCUT2D eigenvalue weighted by atomic mass is 9.77. The fraction of sp³-hybridized carbons (Fsp3) is 0.107. The molecule has 0 amide bonds. The van der Waals surface area contributed by atoms with E-state index in [0.717, 1.165) is 33.5 Å². The highest BCUT2D eigenvalue weighted by Gasteiger charge is 2.37. The Morgan fingerprint density at radius 3 is 1.92 bits per heavy atom. The summed E-state index contributed by atoms with van der Waals surface area (Å²) in [6, 6.07) is 30.8. The number of thiazole rings is 1. The molecular formula is C28H23N5O2S3. The van der Waals surface area contributed by atoms with Gasteiger partial charge in [-0.05, 0) is 35.4 Å². The van der Waals surface area contributed by atoms with Crippen LogP contribution in [0.5, 0.6) is 0 Å². The van der Waals surface area contributed by atoms with Crippen molar-refractivity contribution < 1.29 is 9.63 Å². The first-order chi connectivity index (χ1) is 18.6. The predicted octanol–water partition coefficient (Wildman–Crippen LogP) is 6.38. The van der Waals surface area contributed by atoms with Crippen LogP contribution in [0.15, 0.2) is 106 Å². The lowest BCUT2D eigenvalue weighted by Crippen LogP contribution is -2.38. The van der Waals surface area contributed by atoms with E-state index < -0.39 is 5.54 Å². The van der Waals surface area contributed by atoms with Crippen molar-refractivity contribution in [3.05, 3.63) is 124 Å². The zero-order chi connectivity index (χ0) is 26.4. The number of hydrogen-bond donors (Lipinski definition) is 1. The summed E-state index contributed by atoms with van der Waals surface area (Å²) in [6.45, 7) is 1.84. The van der Waals surface area contributed by atoms with Gasteiger partial charge in [0.05, 0.1) is 0 Å². The summed E-state index contributed by atoms with van der Waals surface area (Å²) in [4.78, 5) is 22.9. The first-order valence-corrected chi connectivity index (χ1v) is 14.2. The lowest BCUT2D eigenvalue weighted by molar-refractivity contribution is -0.105. The third-order valence-corrected chi connectivity index (χ3v) is 8.25. The van der Waals surface area contributed by atoms with E-state index in [0.29, 0.717) is 15.2 Å². The van der Waals surface area contributed by atoms with Gasteiger partial charge in [0.15, 0.2) is 15.2 Å². The van der Waals surface area contributed by atoms with Crippen molar-refractivity contribution in [2.75, 3.05) is 12.4 Å². The molecule has 3 aromatic carbocycles. The molecule has 0 aliphatic rings. The second-order valence-corrected chi connectivity index (χ2v) is 11.4. The highest BCUT2D eigenvalue weighted by Crippen LogP contribution is 2.40. The van der Waals surface area contributed by atoms with Gasteiger partial charge in [0.1, 0.15) is 23.4 Å². The van der Waals surface area contributed by atoms with Crippen molar-refractivity contribution >= 4 is 50.4 Å². The number of carbonyl (C=O) groups excluding carboxylic acids is 1. The summed E-state index contributed by atoms with van der Waals surface area (Å²) >= 11 is 3.70. The molecule has 0 saturated carbocycles. The molecule has 0 saturated heterocycles. The second-order valence-electron chi connectivity index (χ2n) is 8.11. The number of carbonyl (C=O) groups is 1. The standard InChI is InChI=1S/C28H23N5O2S3/c1-19-31-32-27(37-19)38-25(34)24(33-35-2)23-18-36-26(29-23)30-28(20-12-6-3-7-13-20,21-14-8-4-9-15-21)22-16-10-5-11-17-22/h3-18H,1-2H3,(H,29,30). The molecule has 1 N–H and O–H groups in total. The second kappa shape index (κ2) is 11.7. The van der Waals surface area contributed by atoms with Crippen LogP contribution in [0.4, 0.5) is 5.13 Å². The number of hydrogen-bond acceptors (Lipinski definition) is 10. The number of oxime groups is 1. The van der Waals surface area contributed by atoms with Gasteiger partial charge in [-0.25, -0.2) is 4.98 Å². The quantitative estimate of drug-likeness (QED) is 0.0974. The number of aryl methyl sites for hydroxylation is 1. The van der Waals surface area contributed by atoms with Gasteiger partial charge in [0, 0.05) is 5.38 Å². The average Bonchev–Trinajstić information content (AvgIpc) is 3.60. The van der Waals surface area contributed by atoms with E-state index in [-0.39, 0.29) is 10.8 Å². The molecule has 38 heavy (non-hydrogen) atoms. The molecule has 0 fully saturated rings. The Kier molecular flexibility index (Phi) is 7.92. The zero-order valence-corrected chi connectivity index (χ0v) is 23.0. The number of anilines is 1. The van der Waals surface area contributed by atoms with E-state index in [9.17, 15) is 4.79 Å². The average molecular weight is 558 g/mol. The van der Waals surface area contributed by atoms with Crippen molar-refractivity contribution in [1.82, 2.24) is 15.2 Å². The minimum Gasteiger partial charge on any atom is -0.398 e. The number of aromatic nitrogens is 3. The summed E-state index contributed by atoms with van der Waals surface area (Å²) in [5.74, 6) is 0. The van der Waals surface area contributed by atoms with Gasteiger partial charge in [-0.15, -0.1) is 21.5 Å².